The second-order valence-electron chi connectivity index (χ2n) is 7.05. The fourth-order valence-electron chi connectivity index (χ4n) is 2.82. The molecule has 0 saturated heterocycles. The summed E-state index contributed by atoms with van der Waals surface area (Å²) in [6, 6.07) is 9.51. The average Bonchev–Trinajstić information content (AvgIpc) is 3.04. The zero-order chi connectivity index (χ0) is 21.2. The van der Waals surface area contributed by atoms with Gasteiger partial charge in [-0.2, -0.15) is 4.72 Å². The Bertz CT molecular complexity index is 1130. The second kappa shape index (κ2) is 8.56. The molecule has 3 rings (SSSR count). The predicted octanol–water partition coefficient (Wildman–Crippen LogP) is 3.36. The van der Waals surface area contributed by atoms with Crippen LogP contribution in [0.25, 0.3) is 10.2 Å². The first-order chi connectivity index (χ1) is 13.7. The van der Waals surface area contributed by atoms with Crippen molar-refractivity contribution in [3.63, 3.8) is 0 Å². The van der Waals surface area contributed by atoms with E-state index in [1.807, 2.05) is 6.92 Å². The minimum atomic E-state index is -3.90. The van der Waals surface area contributed by atoms with E-state index in [2.05, 4.69) is 15.0 Å². The number of aryl methyl sites for hydroxylation is 1. The van der Waals surface area contributed by atoms with Gasteiger partial charge in [0.25, 0.3) is 0 Å². The van der Waals surface area contributed by atoms with Crippen LogP contribution in [0.5, 0.6) is 0 Å². The molecule has 0 spiro atoms. The van der Waals surface area contributed by atoms with Crippen LogP contribution < -0.4 is 10.0 Å². The maximum absolute atomic E-state index is 13.0. The van der Waals surface area contributed by atoms with Gasteiger partial charge in [0.05, 0.1) is 20.1 Å². The summed E-state index contributed by atoms with van der Waals surface area (Å²) in [5, 5.41) is 3.56. The standard InChI is InChI=1S/C20H22FN3O3S2/c1-12(2)19(20(25)22-11-14-4-6-15(21)7-5-14)24-29(26,27)16-8-9-17-18(10-16)28-13(3)23-17/h4-10,12,19,24H,11H2,1-3H3,(H,22,25)/t19-/m1/s1. The van der Waals surface area contributed by atoms with Crippen LogP contribution in [-0.4, -0.2) is 25.4 Å². The normalized spacial score (nSPS) is 13.0. The van der Waals surface area contributed by atoms with Crippen LogP contribution in [0.1, 0.15) is 24.4 Å². The Morgan fingerprint density at radius 2 is 1.86 bits per heavy atom. The second-order valence-corrected chi connectivity index (χ2v) is 10.00. The van der Waals surface area contributed by atoms with E-state index in [1.54, 1.807) is 38.1 Å². The lowest BCUT2D eigenvalue weighted by Crippen LogP contribution is -2.49. The van der Waals surface area contributed by atoms with Crippen molar-refractivity contribution in [2.45, 2.75) is 38.3 Å². The number of nitrogens with zero attached hydrogens (tertiary/aromatic N) is 1. The number of fused-ring (bicyclic) bond motifs is 1. The first-order valence-corrected chi connectivity index (χ1v) is 11.4. The number of rotatable bonds is 7. The maximum atomic E-state index is 13.0. The third kappa shape index (κ3) is 5.17. The van der Waals surface area contributed by atoms with E-state index in [4.69, 9.17) is 0 Å². The smallest absolute Gasteiger partial charge is 0.241 e. The lowest BCUT2D eigenvalue weighted by atomic mass is 10.0. The number of nitrogens with one attached hydrogen (secondary N) is 2. The van der Waals surface area contributed by atoms with Crippen molar-refractivity contribution in [2.24, 2.45) is 5.92 Å². The summed E-state index contributed by atoms with van der Waals surface area (Å²) in [5.74, 6) is -1.07. The number of halogens is 1. The molecular formula is C20H22FN3O3S2. The van der Waals surface area contributed by atoms with Crippen LogP contribution >= 0.6 is 11.3 Å². The highest BCUT2D eigenvalue weighted by atomic mass is 32.2. The summed E-state index contributed by atoms with van der Waals surface area (Å²) in [7, 11) is -3.90. The van der Waals surface area contributed by atoms with Crippen molar-refractivity contribution in [1.29, 1.82) is 0 Å². The Morgan fingerprint density at radius 1 is 1.17 bits per heavy atom. The maximum Gasteiger partial charge on any atom is 0.241 e. The molecule has 0 fully saturated rings. The lowest BCUT2D eigenvalue weighted by Gasteiger charge is -2.21. The van der Waals surface area contributed by atoms with Gasteiger partial charge in [0.2, 0.25) is 15.9 Å². The highest BCUT2D eigenvalue weighted by Crippen LogP contribution is 2.25. The summed E-state index contributed by atoms with van der Waals surface area (Å²) in [5.41, 5.74) is 1.46. The number of aromatic nitrogens is 1. The van der Waals surface area contributed by atoms with Crippen LogP contribution in [0.3, 0.4) is 0 Å². The molecule has 1 aromatic heterocycles. The Balaban J connectivity index is 1.75. The van der Waals surface area contributed by atoms with Gasteiger partial charge in [-0.25, -0.2) is 17.8 Å². The van der Waals surface area contributed by atoms with Gasteiger partial charge in [-0.05, 0) is 48.7 Å². The van der Waals surface area contributed by atoms with Crippen LogP contribution in [0.15, 0.2) is 47.4 Å². The zero-order valence-corrected chi connectivity index (χ0v) is 17.9. The zero-order valence-electron chi connectivity index (χ0n) is 16.3. The monoisotopic (exact) mass is 435 g/mol. The molecule has 9 heteroatoms. The van der Waals surface area contributed by atoms with Gasteiger partial charge in [-0.3, -0.25) is 4.79 Å². The summed E-state index contributed by atoms with van der Waals surface area (Å²) in [6.45, 7) is 5.56. The van der Waals surface area contributed by atoms with Gasteiger partial charge >= 0.3 is 0 Å². The third-order valence-corrected chi connectivity index (χ3v) is 6.76. The molecule has 6 nitrogen and oxygen atoms in total. The largest absolute Gasteiger partial charge is 0.351 e. The van der Waals surface area contributed by atoms with Crippen LogP contribution in [-0.2, 0) is 21.4 Å². The van der Waals surface area contributed by atoms with Crippen molar-refractivity contribution in [3.05, 3.63) is 58.9 Å². The SMILES string of the molecule is Cc1nc2ccc(S(=O)(=O)N[C@@H](C(=O)NCc3ccc(F)cc3)C(C)C)cc2s1. The molecule has 0 radical (unpaired) electrons. The highest BCUT2D eigenvalue weighted by Gasteiger charge is 2.28. The highest BCUT2D eigenvalue weighted by molar-refractivity contribution is 7.89. The van der Waals surface area contributed by atoms with Gasteiger partial charge in [0.1, 0.15) is 11.9 Å². The molecule has 3 aromatic rings. The van der Waals surface area contributed by atoms with Gasteiger partial charge < -0.3 is 5.32 Å². The Labute approximate surface area is 173 Å². The van der Waals surface area contributed by atoms with Crippen molar-refractivity contribution in [2.75, 3.05) is 0 Å². The molecule has 0 bridgehead atoms. The first-order valence-electron chi connectivity index (χ1n) is 9.07. The number of carbonyl (C=O) groups is 1. The number of hydrogen-bond acceptors (Lipinski definition) is 5. The molecule has 0 aliphatic rings. The van der Waals surface area contributed by atoms with E-state index in [1.165, 1.54) is 29.5 Å². The first kappa shape index (κ1) is 21.4. The quantitative estimate of drug-likeness (QED) is 0.596. The molecule has 29 heavy (non-hydrogen) atoms. The van der Waals surface area contributed by atoms with E-state index in [9.17, 15) is 17.6 Å². The minimum Gasteiger partial charge on any atom is -0.351 e. The molecule has 0 aliphatic heterocycles. The molecular weight excluding hydrogens is 413 g/mol. The number of sulfonamides is 1. The fraction of sp³-hybridized carbons (Fsp3) is 0.300. The molecule has 0 unspecified atom stereocenters. The van der Waals surface area contributed by atoms with Crippen molar-refractivity contribution >= 4 is 37.5 Å². The van der Waals surface area contributed by atoms with Crippen molar-refractivity contribution in [3.8, 4) is 0 Å². The topological polar surface area (TPSA) is 88.2 Å². The Hall–Kier alpha value is -2.36. The van der Waals surface area contributed by atoms with E-state index in [0.717, 1.165) is 20.8 Å². The van der Waals surface area contributed by atoms with Gasteiger partial charge in [0, 0.05) is 6.54 Å². The van der Waals surface area contributed by atoms with Crippen LogP contribution in [0.4, 0.5) is 4.39 Å². The summed E-state index contributed by atoms with van der Waals surface area (Å²) >= 11 is 1.41. The Kier molecular flexibility index (Phi) is 6.30. The molecule has 2 aromatic carbocycles. The summed E-state index contributed by atoms with van der Waals surface area (Å²) < 4.78 is 42.0. The summed E-state index contributed by atoms with van der Waals surface area (Å²) in [6.07, 6.45) is 0. The van der Waals surface area contributed by atoms with Crippen LogP contribution in [0, 0.1) is 18.7 Å². The average molecular weight is 436 g/mol. The van der Waals surface area contributed by atoms with Gasteiger partial charge in [-0.1, -0.05) is 26.0 Å². The predicted molar refractivity (Wildman–Crippen MR) is 112 cm³/mol. The molecule has 154 valence electrons. The van der Waals surface area contributed by atoms with E-state index < -0.39 is 22.0 Å². The molecule has 1 atom stereocenters. The molecule has 0 aliphatic carbocycles. The molecule has 1 heterocycles. The Morgan fingerprint density at radius 3 is 2.52 bits per heavy atom. The van der Waals surface area contributed by atoms with E-state index >= 15 is 0 Å². The van der Waals surface area contributed by atoms with E-state index in [-0.39, 0.29) is 23.2 Å². The number of carbonyl (C=O) groups excluding carboxylic acids is 1. The van der Waals surface area contributed by atoms with E-state index in [0.29, 0.717) is 0 Å². The number of hydrogen-bond donors (Lipinski definition) is 2. The van der Waals surface area contributed by atoms with Crippen molar-refractivity contribution < 1.29 is 17.6 Å². The van der Waals surface area contributed by atoms with Crippen LogP contribution in [0.2, 0.25) is 0 Å². The number of thiazole rings is 1. The number of benzene rings is 2. The lowest BCUT2D eigenvalue weighted by molar-refractivity contribution is -0.123. The fourth-order valence-corrected chi connectivity index (χ4v) is 5.13. The minimum absolute atomic E-state index is 0.0886. The molecule has 1 amide bonds. The molecule has 0 saturated carbocycles. The third-order valence-electron chi connectivity index (χ3n) is 4.39. The van der Waals surface area contributed by atoms with Gasteiger partial charge in [0.15, 0.2) is 0 Å². The van der Waals surface area contributed by atoms with Crippen molar-refractivity contribution in [1.82, 2.24) is 15.0 Å². The van der Waals surface area contributed by atoms with Gasteiger partial charge in [-0.15, -0.1) is 11.3 Å². The molecule has 2 N–H and O–H groups in total. The summed E-state index contributed by atoms with van der Waals surface area (Å²) in [4.78, 5) is 17.0. The number of amides is 1.